The third-order valence-corrected chi connectivity index (χ3v) is 3.06. The van der Waals surface area contributed by atoms with Gasteiger partial charge in [0.05, 0.1) is 6.04 Å². The average molecular weight is 277 g/mol. The Hall–Kier alpha value is -1.48. The van der Waals surface area contributed by atoms with Crippen LogP contribution in [0.3, 0.4) is 0 Å². The Labute approximate surface area is 122 Å². The fourth-order valence-electron chi connectivity index (χ4n) is 1.86. The van der Waals surface area contributed by atoms with Crippen LogP contribution >= 0.6 is 0 Å². The zero-order valence-corrected chi connectivity index (χ0v) is 13.5. The lowest BCUT2D eigenvalue weighted by Gasteiger charge is -2.17. The minimum atomic E-state index is -0.159. The van der Waals surface area contributed by atoms with Crippen LogP contribution in [0.25, 0.3) is 0 Å². The van der Waals surface area contributed by atoms with E-state index in [4.69, 9.17) is 0 Å². The summed E-state index contributed by atoms with van der Waals surface area (Å²) in [6.07, 6.45) is 0.658. The van der Waals surface area contributed by atoms with Gasteiger partial charge in [-0.15, -0.1) is 0 Å². The van der Waals surface area contributed by atoms with E-state index in [0.29, 0.717) is 12.0 Å². The molecular formula is C17H27NO2. The fourth-order valence-corrected chi connectivity index (χ4v) is 1.86. The molecule has 0 aliphatic carbocycles. The van der Waals surface area contributed by atoms with E-state index < -0.39 is 0 Å². The predicted molar refractivity (Wildman–Crippen MR) is 84.2 cm³/mol. The first-order valence-corrected chi connectivity index (χ1v) is 7.26. The molecule has 1 aromatic carbocycles. The van der Waals surface area contributed by atoms with Crippen molar-refractivity contribution in [2.45, 2.75) is 47.1 Å². The molecule has 1 rings (SSSR count). The molecule has 20 heavy (non-hydrogen) atoms. The fraction of sp³-hybridized carbons (Fsp3) is 0.529. The molecule has 0 aliphatic rings. The first kappa shape index (κ1) is 18.5. The number of ketones is 2. The Morgan fingerprint density at radius 3 is 1.95 bits per heavy atom. The van der Waals surface area contributed by atoms with Crippen LogP contribution < -0.4 is 5.32 Å². The van der Waals surface area contributed by atoms with Crippen molar-refractivity contribution in [1.29, 1.82) is 0 Å². The Balaban J connectivity index is 0.00000172. The van der Waals surface area contributed by atoms with Crippen molar-refractivity contribution in [2.75, 3.05) is 7.05 Å². The van der Waals surface area contributed by atoms with E-state index in [9.17, 15) is 9.59 Å². The monoisotopic (exact) mass is 277 g/mol. The number of hydrogen-bond acceptors (Lipinski definition) is 3. The summed E-state index contributed by atoms with van der Waals surface area (Å²) in [4.78, 5) is 23.1. The van der Waals surface area contributed by atoms with Crippen LogP contribution in [-0.2, 0) is 11.2 Å². The van der Waals surface area contributed by atoms with Gasteiger partial charge in [0.2, 0.25) is 0 Å². The first-order chi connectivity index (χ1) is 9.45. The summed E-state index contributed by atoms with van der Waals surface area (Å²) in [6, 6.07) is 7.28. The van der Waals surface area contributed by atoms with Crippen molar-refractivity contribution in [3.63, 3.8) is 0 Å². The van der Waals surface area contributed by atoms with Crippen molar-refractivity contribution in [1.82, 2.24) is 5.32 Å². The quantitative estimate of drug-likeness (QED) is 0.812. The van der Waals surface area contributed by atoms with Gasteiger partial charge in [-0.2, -0.15) is 0 Å². The van der Waals surface area contributed by atoms with E-state index in [1.54, 1.807) is 14.0 Å². The zero-order valence-electron chi connectivity index (χ0n) is 13.5. The summed E-state index contributed by atoms with van der Waals surface area (Å²) >= 11 is 0. The van der Waals surface area contributed by atoms with E-state index in [2.05, 4.69) is 5.32 Å². The van der Waals surface area contributed by atoms with Gasteiger partial charge in [-0.1, -0.05) is 52.0 Å². The smallest absolute Gasteiger partial charge is 0.159 e. The molecule has 1 N–H and O–H groups in total. The second kappa shape index (κ2) is 9.43. The van der Waals surface area contributed by atoms with Gasteiger partial charge in [0.15, 0.2) is 11.6 Å². The van der Waals surface area contributed by atoms with Crippen LogP contribution in [0.15, 0.2) is 24.3 Å². The van der Waals surface area contributed by atoms with Crippen molar-refractivity contribution < 1.29 is 9.59 Å². The third-order valence-electron chi connectivity index (χ3n) is 3.06. The highest BCUT2D eigenvalue weighted by Gasteiger charge is 2.19. The first-order valence-electron chi connectivity index (χ1n) is 7.26. The SMILES string of the molecule is CC.CNC(Cc1ccc(C(C)=O)cc1)C(=O)C(C)C. The van der Waals surface area contributed by atoms with Crippen LogP contribution in [0, 0.1) is 5.92 Å². The molecule has 0 saturated carbocycles. The molecule has 0 amide bonds. The molecule has 112 valence electrons. The maximum Gasteiger partial charge on any atom is 0.159 e. The maximum absolute atomic E-state index is 11.9. The molecule has 0 fully saturated rings. The van der Waals surface area contributed by atoms with Gasteiger partial charge in [0.1, 0.15) is 0 Å². The summed E-state index contributed by atoms with van der Waals surface area (Å²) < 4.78 is 0. The zero-order chi connectivity index (χ0) is 15.7. The number of likely N-dealkylation sites (N-methyl/N-ethyl adjacent to an activating group) is 1. The number of hydrogen-bond donors (Lipinski definition) is 1. The molecule has 1 atom stereocenters. The highest BCUT2D eigenvalue weighted by molar-refractivity contribution is 5.94. The van der Waals surface area contributed by atoms with Crippen LogP contribution in [0.1, 0.15) is 50.5 Å². The van der Waals surface area contributed by atoms with Crippen molar-refractivity contribution in [3.8, 4) is 0 Å². The topological polar surface area (TPSA) is 46.2 Å². The highest BCUT2D eigenvalue weighted by Crippen LogP contribution is 2.10. The van der Waals surface area contributed by atoms with Gasteiger partial charge < -0.3 is 5.32 Å². The largest absolute Gasteiger partial charge is 0.310 e. The predicted octanol–water partition coefficient (Wildman–Crippen LogP) is 3.27. The molecule has 0 spiro atoms. The molecule has 3 heteroatoms. The van der Waals surface area contributed by atoms with Crippen LogP contribution in [0.2, 0.25) is 0 Å². The Morgan fingerprint density at radius 2 is 1.60 bits per heavy atom. The minimum Gasteiger partial charge on any atom is -0.310 e. The van der Waals surface area contributed by atoms with Crippen molar-refractivity contribution in [2.24, 2.45) is 5.92 Å². The molecule has 0 saturated heterocycles. The Bertz CT molecular complexity index is 421. The lowest BCUT2D eigenvalue weighted by molar-refractivity contribution is -0.123. The lowest BCUT2D eigenvalue weighted by Crippen LogP contribution is -2.38. The second-order valence-electron chi connectivity index (χ2n) is 4.86. The van der Waals surface area contributed by atoms with Gasteiger partial charge in [-0.05, 0) is 26.0 Å². The summed E-state index contributed by atoms with van der Waals surface area (Å²) in [5.74, 6) is 0.303. The lowest BCUT2D eigenvalue weighted by atomic mass is 9.95. The van der Waals surface area contributed by atoms with Gasteiger partial charge in [0.25, 0.3) is 0 Å². The number of Topliss-reactive ketones (excluding diaryl/α,β-unsaturated/α-hetero) is 2. The molecular weight excluding hydrogens is 250 g/mol. The van der Waals surface area contributed by atoms with Gasteiger partial charge in [-0.25, -0.2) is 0 Å². The van der Waals surface area contributed by atoms with Gasteiger partial charge >= 0.3 is 0 Å². The average Bonchev–Trinajstić information content (AvgIpc) is 2.46. The molecule has 0 heterocycles. The molecule has 0 bridgehead atoms. The number of rotatable bonds is 6. The number of carbonyl (C=O) groups is 2. The number of carbonyl (C=O) groups excluding carboxylic acids is 2. The summed E-state index contributed by atoms with van der Waals surface area (Å²) in [5.41, 5.74) is 1.77. The Kier molecular flexibility index (Phi) is 8.73. The van der Waals surface area contributed by atoms with Crippen LogP contribution in [-0.4, -0.2) is 24.7 Å². The molecule has 0 aromatic heterocycles. The van der Waals surface area contributed by atoms with E-state index in [1.807, 2.05) is 52.0 Å². The number of nitrogens with one attached hydrogen (secondary N) is 1. The summed E-state index contributed by atoms with van der Waals surface area (Å²) in [7, 11) is 1.80. The second-order valence-corrected chi connectivity index (χ2v) is 4.86. The molecule has 1 aromatic rings. The van der Waals surface area contributed by atoms with E-state index in [1.165, 1.54) is 0 Å². The highest BCUT2D eigenvalue weighted by atomic mass is 16.1. The van der Waals surface area contributed by atoms with E-state index in [-0.39, 0.29) is 23.5 Å². The summed E-state index contributed by atoms with van der Waals surface area (Å²) in [6.45, 7) is 9.37. The van der Waals surface area contributed by atoms with Crippen molar-refractivity contribution in [3.05, 3.63) is 35.4 Å². The standard InChI is InChI=1S/C15H21NO2.C2H6/c1-10(2)15(18)14(16-4)9-12-5-7-13(8-6-12)11(3)17;1-2/h5-8,10,14,16H,9H2,1-4H3;1-2H3. The van der Waals surface area contributed by atoms with E-state index >= 15 is 0 Å². The minimum absolute atomic E-state index is 0.0268. The van der Waals surface area contributed by atoms with Crippen LogP contribution in [0.4, 0.5) is 0 Å². The molecule has 0 aliphatic heterocycles. The maximum atomic E-state index is 11.9. The molecule has 3 nitrogen and oxygen atoms in total. The third kappa shape index (κ3) is 5.66. The Morgan fingerprint density at radius 1 is 1.10 bits per heavy atom. The van der Waals surface area contributed by atoms with Gasteiger partial charge in [-0.3, -0.25) is 9.59 Å². The van der Waals surface area contributed by atoms with Gasteiger partial charge in [0, 0.05) is 11.5 Å². The van der Waals surface area contributed by atoms with Crippen LogP contribution in [0.5, 0.6) is 0 Å². The number of benzene rings is 1. The van der Waals surface area contributed by atoms with E-state index in [0.717, 1.165) is 5.56 Å². The molecule has 0 radical (unpaired) electrons. The summed E-state index contributed by atoms with van der Waals surface area (Å²) in [5, 5.41) is 3.05. The molecule has 1 unspecified atom stereocenters. The normalized spacial score (nSPS) is 11.6. The van der Waals surface area contributed by atoms with Crippen molar-refractivity contribution >= 4 is 11.6 Å².